The first-order valence-corrected chi connectivity index (χ1v) is 11.0. The lowest BCUT2D eigenvalue weighted by Crippen LogP contribution is -2.50. The number of amides is 1. The van der Waals surface area contributed by atoms with Gasteiger partial charge in [-0.1, -0.05) is 24.3 Å². The van der Waals surface area contributed by atoms with Crippen LogP contribution in [0.5, 0.6) is 0 Å². The zero-order valence-electron chi connectivity index (χ0n) is 17.0. The molecule has 1 amide bonds. The first-order valence-electron chi connectivity index (χ1n) is 9.58. The van der Waals surface area contributed by atoms with Crippen LogP contribution in [0.15, 0.2) is 47.4 Å². The van der Waals surface area contributed by atoms with Crippen LogP contribution in [0, 0.1) is 17.0 Å². The topological polar surface area (TPSA) is 101 Å². The van der Waals surface area contributed by atoms with Crippen LogP contribution >= 0.6 is 0 Å². The molecule has 1 saturated heterocycles. The average Bonchev–Trinajstić information content (AvgIpc) is 2.73. The summed E-state index contributed by atoms with van der Waals surface area (Å²) >= 11 is 0. The van der Waals surface area contributed by atoms with Gasteiger partial charge in [-0.05, 0) is 24.1 Å². The molecule has 0 radical (unpaired) electrons. The molecular formula is C20H20F3N3O5S. The fourth-order valence-corrected chi connectivity index (χ4v) is 5.11. The molecule has 1 heterocycles. The molecule has 8 nitrogen and oxygen atoms in total. The van der Waals surface area contributed by atoms with Crippen molar-refractivity contribution in [1.82, 2.24) is 9.21 Å². The van der Waals surface area contributed by atoms with E-state index in [1.165, 1.54) is 36.1 Å². The van der Waals surface area contributed by atoms with Gasteiger partial charge in [0.1, 0.15) is 0 Å². The third-order valence-electron chi connectivity index (χ3n) is 5.20. The standard InChI is InChI=1S/C20H20F3N3O5S/c1-14-5-6-17(26(28)29)13-18(14)32(30,31)25-9-7-24(8-10-25)19(27)12-15-3-2-4-16(11-15)20(21,22)23/h2-6,11,13H,7-10,12H2,1H3. The SMILES string of the molecule is Cc1ccc([N+](=O)[O-])cc1S(=O)(=O)N1CCN(C(=O)Cc2cccc(C(F)(F)F)c2)CC1. The number of halogens is 3. The maximum absolute atomic E-state index is 13.0. The third kappa shape index (κ3) is 5.07. The van der Waals surface area contributed by atoms with E-state index in [4.69, 9.17) is 0 Å². The molecule has 2 aromatic carbocycles. The Kier molecular flexibility index (Phi) is 6.56. The van der Waals surface area contributed by atoms with Gasteiger partial charge in [-0.3, -0.25) is 14.9 Å². The molecule has 0 N–H and O–H groups in total. The summed E-state index contributed by atoms with van der Waals surface area (Å²) in [6, 6.07) is 8.10. The quantitative estimate of drug-likeness (QED) is 0.493. The van der Waals surface area contributed by atoms with E-state index in [9.17, 15) is 36.5 Å². The molecule has 0 unspecified atom stereocenters. The van der Waals surface area contributed by atoms with Gasteiger partial charge in [0, 0.05) is 38.3 Å². The van der Waals surface area contributed by atoms with Crippen molar-refractivity contribution in [2.45, 2.75) is 24.4 Å². The summed E-state index contributed by atoms with van der Waals surface area (Å²) in [6.45, 7) is 1.60. The van der Waals surface area contributed by atoms with Gasteiger partial charge in [-0.25, -0.2) is 8.42 Å². The van der Waals surface area contributed by atoms with Gasteiger partial charge in [0.05, 0.1) is 21.8 Å². The minimum absolute atomic E-state index is 0.0290. The molecule has 3 rings (SSSR count). The normalized spacial score (nSPS) is 15.6. The molecule has 172 valence electrons. The van der Waals surface area contributed by atoms with E-state index in [0.29, 0.717) is 5.56 Å². The number of alkyl halides is 3. The Morgan fingerprint density at radius 3 is 2.34 bits per heavy atom. The average molecular weight is 471 g/mol. The summed E-state index contributed by atoms with van der Waals surface area (Å²) < 4.78 is 65.7. The van der Waals surface area contributed by atoms with Crippen molar-refractivity contribution >= 4 is 21.6 Å². The number of rotatable bonds is 5. The fourth-order valence-electron chi connectivity index (χ4n) is 3.44. The highest BCUT2D eigenvalue weighted by atomic mass is 32.2. The number of nitro groups is 1. The lowest BCUT2D eigenvalue weighted by atomic mass is 10.1. The summed E-state index contributed by atoms with van der Waals surface area (Å²) in [6.07, 6.45) is -4.75. The van der Waals surface area contributed by atoms with E-state index in [1.807, 2.05) is 0 Å². The second kappa shape index (κ2) is 8.87. The van der Waals surface area contributed by atoms with Gasteiger partial charge >= 0.3 is 6.18 Å². The summed E-state index contributed by atoms with van der Waals surface area (Å²) in [7, 11) is -4.01. The number of benzene rings is 2. The Labute approximate surface area is 182 Å². The minimum atomic E-state index is -4.51. The number of nitrogens with zero attached hydrogens (tertiary/aromatic N) is 3. The lowest BCUT2D eigenvalue weighted by molar-refractivity contribution is -0.385. The van der Waals surface area contributed by atoms with Crippen molar-refractivity contribution in [3.63, 3.8) is 0 Å². The van der Waals surface area contributed by atoms with Crippen LogP contribution in [-0.4, -0.2) is 54.6 Å². The molecule has 1 aliphatic heterocycles. The van der Waals surface area contributed by atoms with E-state index in [0.717, 1.165) is 22.5 Å². The summed E-state index contributed by atoms with van der Waals surface area (Å²) in [5.41, 5.74) is -0.610. The minimum Gasteiger partial charge on any atom is -0.340 e. The van der Waals surface area contributed by atoms with E-state index in [-0.39, 0.29) is 48.7 Å². The van der Waals surface area contributed by atoms with Crippen molar-refractivity contribution in [3.8, 4) is 0 Å². The molecule has 2 aromatic rings. The third-order valence-corrected chi connectivity index (χ3v) is 7.24. The number of hydrogen-bond acceptors (Lipinski definition) is 5. The first-order chi connectivity index (χ1) is 14.9. The molecule has 1 fully saturated rings. The second-order valence-corrected chi connectivity index (χ2v) is 9.27. The lowest BCUT2D eigenvalue weighted by Gasteiger charge is -2.34. The largest absolute Gasteiger partial charge is 0.416 e. The fraction of sp³-hybridized carbons (Fsp3) is 0.350. The Hall–Kier alpha value is -2.99. The number of sulfonamides is 1. The number of aryl methyl sites for hydroxylation is 1. The van der Waals surface area contributed by atoms with Gasteiger partial charge < -0.3 is 4.90 Å². The van der Waals surface area contributed by atoms with Crippen LogP contribution in [0.3, 0.4) is 0 Å². The number of non-ortho nitro benzene ring substituents is 1. The van der Waals surface area contributed by atoms with Gasteiger partial charge in [0.15, 0.2) is 0 Å². The molecule has 0 saturated carbocycles. The van der Waals surface area contributed by atoms with E-state index in [2.05, 4.69) is 0 Å². The smallest absolute Gasteiger partial charge is 0.340 e. The summed E-state index contributed by atoms with van der Waals surface area (Å²) in [5, 5.41) is 11.0. The zero-order chi connectivity index (χ0) is 23.7. The maximum atomic E-state index is 13.0. The highest BCUT2D eigenvalue weighted by molar-refractivity contribution is 7.89. The molecular weight excluding hydrogens is 451 g/mol. The van der Waals surface area contributed by atoms with Gasteiger partial charge in [0.25, 0.3) is 5.69 Å². The number of hydrogen-bond donors (Lipinski definition) is 0. The van der Waals surface area contributed by atoms with Crippen LogP contribution in [-0.2, 0) is 27.4 Å². The van der Waals surface area contributed by atoms with E-state index in [1.54, 1.807) is 0 Å². The predicted octanol–water partition coefficient (Wildman–Crippen LogP) is 3.00. The number of carbonyl (C=O) groups excluding carboxylic acids is 1. The monoisotopic (exact) mass is 471 g/mol. The van der Waals surface area contributed by atoms with Crippen LogP contribution in [0.1, 0.15) is 16.7 Å². The maximum Gasteiger partial charge on any atom is 0.416 e. The number of piperazine rings is 1. The van der Waals surface area contributed by atoms with Crippen LogP contribution < -0.4 is 0 Å². The van der Waals surface area contributed by atoms with Crippen LogP contribution in [0.4, 0.5) is 18.9 Å². The van der Waals surface area contributed by atoms with Crippen molar-refractivity contribution in [2.75, 3.05) is 26.2 Å². The van der Waals surface area contributed by atoms with Crippen molar-refractivity contribution in [2.24, 2.45) is 0 Å². The van der Waals surface area contributed by atoms with E-state index >= 15 is 0 Å². The van der Waals surface area contributed by atoms with Gasteiger partial charge in [-0.2, -0.15) is 17.5 Å². The molecule has 0 aliphatic carbocycles. The molecule has 0 atom stereocenters. The van der Waals surface area contributed by atoms with Crippen molar-refractivity contribution < 1.29 is 31.3 Å². The summed E-state index contributed by atoms with van der Waals surface area (Å²) in [5.74, 6) is -0.409. The zero-order valence-corrected chi connectivity index (χ0v) is 17.8. The Balaban J connectivity index is 1.68. The molecule has 12 heteroatoms. The second-order valence-electron chi connectivity index (χ2n) is 7.37. The predicted molar refractivity (Wildman–Crippen MR) is 108 cm³/mol. The molecule has 1 aliphatic rings. The molecule has 0 spiro atoms. The highest BCUT2D eigenvalue weighted by Crippen LogP contribution is 2.30. The Morgan fingerprint density at radius 1 is 1.09 bits per heavy atom. The Morgan fingerprint density at radius 2 is 1.75 bits per heavy atom. The van der Waals surface area contributed by atoms with Crippen LogP contribution in [0.25, 0.3) is 0 Å². The molecule has 0 aromatic heterocycles. The molecule has 32 heavy (non-hydrogen) atoms. The number of nitro benzene ring substituents is 1. The molecule has 0 bridgehead atoms. The summed E-state index contributed by atoms with van der Waals surface area (Å²) in [4.78, 5) is 24.1. The number of carbonyl (C=O) groups is 1. The highest BCUT2D eigenvalue weighted by Gasteiger charge is 2.33. The van der Waals surface area contributed by atoms with Crippen molar-refractivity contribution in [1.29, 1.82) is 0 Å². The Bertz CT molecular complexity index is 1140. The van der Waals surface area contributed by atoms with Gasteiger partial charge in [-0.15, -0.1) is 0 Å². The van der Waals surface area contributed by atoms with Gasteiger partial charge in [0.2, 0.25) is 15.9 Å². The first kappa shape index (κ1) is 23.7. The van der Waals surface area contributed by atoms with Crippen LogP contribution in [0.2, 0.25) is 0 Å². The van der Waals surface area contributed by atoms with Crippen molar-refractivity contribution in [3.05, 3.63) is 69.3 Å². The van der Waals surface area contributed by atoms with E-state index < -0.39 is 32.6 Å².